The van der Waals surface area contributed by atoms with E-state index >= 15 is 0 Å². The molecule has 0 aromatic carbocycles. The van der Waals surface area contributed by atoms with E-state index in [-0.39, 0.29) is 11.6 Å². The molecular formula is C16H32O4. The van der Waals surface area contributed by atoms with Crippen LogP contribution < -0.4 is 0 Å². The van der Waals surface area contributed by atoms with Crippen molar-refractivity contribution in [2.75, 3.05) is 0 Å². The maximum atomic E-state index is 10.9. The van der Waals surface area contributed by atoms with Crippen molar-refractivity contribution < 1.29 is 19.8 Å². The highest BCUT2D eigenvalue weighted by atomic mass is 16.3. The van der Waals surface area contributed by atoms with Crippen molar-refractivity contribution in [3.63, 3.8) is 0 Å². The van der Waals surface area contributed by atoms with Gasteiger partial charge in [0.25, 0.3) is 0 Å². The number of aliphatic hydroxyl groups excluding tert-OH is 2. The molecule has 0 saturated carbocycles. The molecule has 2 atom stereocenters. The topological polar surface area (TPSA) is 74.6 Å². The summed E-state index contributed by atoms with van der Waals surface area (Å²) in [6.07, 6.45) is 4.25. The third-order valence-corrected chi connectivity index (χ3v) is 2.86. The lowest BCUT2D eigenvalue weighted by molar-refractivity contribution is -0.128. The van der Waals surface area contributed by atoms with Crippen LogP contribution in [0.1, 0.15) is 79.1 Å². The molecule has 0 amide bonds. The van der Waals surface area contributed by atoms with Gasteiger partial charge >= 0.3 is 0 Å². The van der Waals surface area contributed by atoms with Gasteiger partial charge in [-0.05, 0) is 25.7 Å². The Kier molecular flexibility index (Phi) is 15.8. The van der Waals surface area contributed by atoms with Crippen LogP contribution in [-0.2, 0) is 9.59 Å². The van der Waals surface area contributed by atoms with Gasteiger partial charge < -0.3 is 10.2 Å². The first kappa shape index (κ1) is 21.6. The Bertz CT molecular complexity index is 225. The van der Waals surface area contributed by atoms with E-state index in [1.165, 1.54) is 0 Å². The minimum Gasteiger partial charge on any atom is -0.385 e. The fraction of sp³-hybridized carbons (Fsp3) is 0.875. The van der Waals surface area contributed by atoms with E-state index in [2.05, 4.69) is 0 Å². The van der Waals surface area contributed by atoms with E-state index in [9.17, 15) is 9.59 Å². The molecule has 0 aliphatic rings. The molecule has 2 unspecified atom stereocenters. The van der Waals surface area contributed by atoms with Gasteiger partial charge in [0.1, 0.15) is 12.2 Å². The first-order valence-electron chi connectivity index (χ1n) is 7.85. The second-order valence-electron chi connectivity index (χ2n) is 5.04. The number of Topliss-reactive ketones (excluding diaryl/α,β-unsaturated/α-hetero) is 2. The van der Waals surface area contributed by atoms with Gasteiger partial charge in [-0.25, -0.2) is 0 Å². The first-order valence-corrected chi connectivity index (χ1v) is 7.85. The van der Waals surface area contributed by atoms with Crippen LogP contribution in [0.3, 0.4) is 0 Å². The Morgan fingerprint density at radius 2 is 1.00 bits per heavy atom. The Morgan fingerprint density at radius 1 is 0.700 bits per heavy atom. The summed E-state index contributed by atoms with van der Waals surface area (Å²) < 4.78 is 0. The molecule has 0 aliphatic carbocycles. The molecule has 0 aromatic rings. The van der Waals surface area contributed by atoms with Crippen molar-refractivity contribution >= 4 is 11.6 Å². The highest BCUT2D eigenvalue weighted by Crippen LogP contribution is 2.02. The Morgan fingerprint density at radius 3 is 1.20 bits per heavy atom. The van der Waals surface area contributed by atoms with E-state index < -0.39 is 12.2 Å². The summed E-state index contributed by atoms with van der Waals surface area (Å²) in [5.41, 5.74) is 0. The highest BCUT2D eigenvalue weighted by molar-refractivity contribution is 5.82. The minimum atomic E-state index is -0.704. The molecule has 0 rings (SSSR count). The molecule has 0 fully saturated rings. The summed E-state index contributed by atoms with van der Waals surface area (Å²) >= 11 is 0. The molecule has 4 heteroatoms. The molecule has 0 bridgehead atoms. The quantitative estimate of drug-likeness (QED) is 0.648. The van der Waals surface area contributed by atoms with Gasteiger partial charge in [0.05, 0.1) is 0 Å². The van der Waals surface area contributed by atoms with Crippen molar-refractivity contribution in [3.8, 4) is 0 Å². The van der Waals surface area contributed by atoms with Gasteiger partial charge in [-0.15, -0.1) is 0 Å². The third-order valence-electron chi connectivity index (χ3n) is 2.86. The predicted molar refractivity (Wildman–Crippen MR) is 81.7 cm³/mol. The summed E-state index contributed by atoms with van der Waals surface area (Å²) in [5.74, 6) is -0.0197. The SMILES string of the molecule is CCCC(=O)C(O)CCC.CCCC(=O)C(O)CCC. The monoisotopic (exact) mass is 288 g/mol. The average Bonchev–Trinajstić information content (AvgIpc) is 2.40. The van der Waals surface area contributed by atoms with Gasteiger partial charge in [0.15, 0.2) is 11.6 Å². The first-order chi connectivity index (χ1) is 9.44. The maximum Gasteiger partial charge on any atom is 0.161 e. The van der Waals surface area contributed by atoms with E-state index in [0.717, 1.165) is 25.7 Å². The van der Waals surface area contributed by atoms with Gasteiger partial charge in [-0.2, -0.15) is 0 Å². The van der Waals surface area contributed by atoms with Crippen molar-refractivity contribution in [1.29, 1.82) is 0 Å². The molecule has 120 valence electrons. The number of hydrogen-bond acceptors (Lipinski definition) is 4. The van der Waals surface area contributed by atoms with E-state index in [0.29, 0.717) is 25.7 Å². The smallest absolute Gasteiger partial charge is 0.161 e. The Hall–Kier alpha value is -0.740. The Labute approximate surface area is 123 Å². The summed E-state index contributed by atoms with van der Waals surface area (Å²) in [6.45, 7) is 7.80. The number of ketones is 2. The standard InChI is InChI=1S/2C8H16O2/c2*1-3-5-7(9)8(10)6-4-2/h2*7,9H,3-6H2,1-2H3. The van der Waals surface area contributed by atoms with Crippen LogP contribution in [0.15, 0.2) is 0 Å². The van der Waals surface area contributed by atoms with Gasteiger partial charge in [-0.3, -0.25) is 9.59 Å². The van der Waals surface area contributed by atoms with Crippen molar-refractivity contribution in [2.24, 2.45) is 0 Å². The molecule has 20 heavy (non-hydrogen) atoms. The molecule has 0 aromatic heterocycles. The van der Waals surface area contributed by atoms with E-state index in [1.54, 1.807) is 0 Å². The van der Waals surface area contributed by atoms with Gasteiger partial charge in [-0.1, -0.05) is 40.5 Å². The van der Waals surface area contributed by atoms with Gasteiger partial charge in [0.2, 0.25) is 0 Å². The van der Waals surface area contributed by atoms with Crippen LogP contribution in [0.25, 0.3) is 0 Å². The van der Waals surface area contributed by atoms with Crippen LogP contribution in [-0.4, -0.2) is 34.0 Å². The number of rotatable bonds is 10. The van der Waals surface area contributed by atoms with Crippen LogP contribution in [0.5, 0.6) is 0 Å². The molecule has 4 nitrogen and oxygen atoms in total. The van der Waals surface area contributed by atoms with Crippen molar-refractivity contribution in [1.82, 2.24) is 0 Å². The molecule has 0 radical (unpaired) electrons. The molecule has 0 heterocycles. The highest BCUT2D eigenvalue weighted by Gasteiger charge is 2.11. The van der Waals surface area contributed by atoms with E-state index in [1.807, 2.05) is 27.7 Å². The normalized spacial score (nSPS) is 13.1. The summed E-state index contributed by atoms with van der Waals surface area (Å²) in [6, 6.07) is 0. The zero-order valence-corrected chi connectivity index (χ0v) is 13.5. The second-order valence-corrected chi connectivity index (χ2v) is 5.04. The maximum absolute atomic E-state index is 10.9. The number of carbonyl (C=O) groups excluding carboxylic acids is 2. The summed E-state index contributed by atoms with van der Waals surface area (Å²) in [5, 5.41) is 18.2. The lowest BCUT2D eigenvalue weighted by Crippen LogP contribution is -2.19. The van der Waals surface area contributed by atoms with Crippen LogP contribution in [0.4, 0.5) is 0 Å². The largest absolute Gasteiger partial charge is 0.385 e. The van der Waals surface area contributed by atoms with Crippen molar-refractivity contribution in [3.05, 3.63) is 0 Å². The predicted octanol–water partition coefficient (Wildman–Crippen LogP) is 3.03. The van der Waals surface area contributed by atoms with E-state index in [4.69, 9.17) is 10.2 Å². The molecule has 2 N–H and O–H groups in total. The molecular weight excluding hydrogens is 256 g/mol. The lowest BCUT2D eigenvalue weighted by atomic mass is 10.1. The second kappa shape index (κ2) is 14.7. The Balaban J connectivity index is 0. The molecule has 0 aliphatic heterocycles. The molecule has 0 saturated heterocycles. The minimum absolute atomic E-state index is 0.00986. The van der Waals surface area contributed by atoms with Crippen LogP contribution in [0.2, 0.25) is 0 Å². The lowest BCUT2D eigenvalue weighted by Gasteiger charge is -2.05. The van der Waals surface area contributed by atoms with Crippen molar-refractivity contribution in [2.45, 2.75) is 91.3 Å². The average molecular weight is 288 g/mol. The summed E-state index contributed by atoms with van der Waals surface area (Å²) in [4.78, 5) is 21.8. The van der Waals surface area contributed by atoms with Crippen LogP contribution >= 0.6 is 0 Å². The summed E-state index contributed by atoms with van der Waals surface area (Å²) in [7, 11) is 0. The zero-order chi connectivity index (χ0) is 16.0. The van der Waals surface area contributed by atoms with Gasteiger partial charge in [0, 0.05) is 12.8 Å². The number of aliphatic hydroxyl groups is 2. The fourth-order valence-electron chi connectivity index (χ4n) is 1.69. The third kappa shape index (κ3) is 12.3. The number of carbonyl (C=O) groups is 2. The van der Waals surface area contributed by atoms with Crippen LogP contribution in [0, 0.1) is 0 Å². The number of hydrogen-bond donors (Lipinski definition) is 2. The zero-order valence-electron chi connectivity index (χ0n) is 13.5. The molecule has 0 spiro atoms. The fourth-order valence-corrected chi connectivity index (χ4v) is 1.69.